The van der Waals surface area contributed by atoms with Crippen molar-refractivity contribution in [3.05, 3.63) is 28.3 Å². The van der Waals surface area contributed by atoms with Crippen molar-refractivity contribution in [1.29, 1.82) is 0 Å². The quantitative estimate of drug-likeness (QED) is 0.604. The molecule has 0 heterocycles. The molecule has 0 amide bonds. The third-order valence-electron chi connectivity index (χ3n) is 3.57. The molecule has 11 heteroatoms. The Morgan fingerprint density at radius 1 is 1.21 bits per heavy atom. The van der Waals surface area contributed by atoms with Gasteiger partial charge in [0.1, 0.15) is 0 Å². The maximum Gasteiger partial charge on any atom is 0.516 e. The second kappa shape index (κ2) is 7.18. The summed E-state index contributed by atoms with van der Waals surface area (Å²) in [5.74, 6) is 0. The third kappa shape index (κ3) is 4.53. The summed E-state index contributed by atoms with van der Waals surface area (Å²) < 4.78 is 61.8. The maximum atomic E-state index is 12.6. The van der Waals surface area contributed by atoms with Gasteiger partial charge in [-0.25, -0.2) is 0 Å². The fourth-order valence-electron chi connectivity index (χ4n) is 2.37. The zero-order valence-electron chi connectivity index (χ0n) is 12.4. The Morgan fingerprint density at radius 2 is 1.83 bits per heavy atom. The van der Waals surface area contributed by atoms with E-state index in [1.807, 2.05) is 0 Å². The highest BCUT2D eigenvalue weighted by atomic mass is 32.2. The monoisotopic (exact) mass is 384 g/mol. The summed E-state index contributed by atoms with van der Waals surface area (Å²) in [5, 5.41) is 11.0. The van der Waals surface area contributed by atoms with E-state index in [1.165, 1.54) is 16.5 Å². The largest absolute Gasteiger partial charge is 0.516 e. The van der Waals surface area contributed by atoms with Crippen LogP contribution in [0.1, 0.15) is 32.1 Å². The summed E-state index contributed by atoms with van der Waals surface area (Å²) in [4.78, 5) is 10.3. The molecular weight excluding hydrogens is 369 g/mol. The van der Waals surface area contributed by atoms with Crippen LogP contribution < -0.4 is 4.72 Å². The van der Waals surface area contributed by atoms with E-state index in [0.717, 1.165) is 50.3 Å². The number of nitro benzene ring substituents is 1. The highest BCUT2D eigenvalue weighted by Gasteiger charge is 2.46. The minimum absolute atomic E-state index is 0.0925. The van der Waals surface area contributed by atoms with Gasteiger partial charge >= 0.3 is 15.5 Å². The van der Waals surface area contributed by atoms with Crippen molar-refractivity contribution >= 4 is 33.2 Å². The van der Waals surface area contributed by atoms with Gasteiger partial charge in [-0.05, 0) is 18.9 Å². The van der Waals surface area contributed by atoms with E-state index in [1.54, 1.807) is 0 Å². The van der Waals surface area contributed by atoms with E-state index in [-0.39, 0.29) is 21.5 Å². The van der Waals surface area contributed by atoms with E-state index in [4.69, 9.17) is 0 Å². The Morgan fingerprint density at radius 3 is 2.38 bits per heavy atom. The molecule has 134 valence electrons. The first-order chi connectivity index (χ1) is 11.1. The minimum Gasteiger partial charge on any atom is -0.275 e. The van der Waals surface area contributed by atoms with Gasteiger partial charge in [-0.1, -0.05) is 19.3 Å². The number of anilines is 1. The molecule has 0 unspecified atom stereocenters. The number of rotatable bonds is 5. The van der Waals surface area contributed by atoms with Gasteiger partial charge in [-0.2, -0.15) is 21.6 Å². The van der Waals surface area contributed by atoms with Crippen molar-refractivity contribution in [3.8, 4) is 0 Å². The second-order valence-electron chi connectivity index (χ2n) is 5.37. The van der Waals surface area contributed by atoms with Crippen LogP contribution in [-0.2, 0) is 10.0 Å². The Kier molecular flexibility index (Phi) is 5.63. The van der Waals surface area contributed by atoms with Crippen molar-refractivity contribution in [2.45, 2.75) is 47.8 Å². The molecule has 0 bridgehead atoms. The summed E-state index contributed by atoms with van der Waals surface area (Å²) in [6.45, 7) is 0. The van der Waals surface area contributed by atoms with Gasteiger partial charge in [-0.3, -0.25) is 14.8 Å². The molecule has 0 saturated heterocycles. The second-order valence-corrected chi connectivity index (χ2v) is 8.38. The number of nitro groups is 1. The first-order valence-corrected chi connectivity index (χ1v) is 9.50. The lowest BCUT2D eigenvalue weighted by molar-refractivity contribution is -0.385. The molecule has 1 saturated carbocycles. The lowest BCUT2D eigenvalue weighted by Crippen LogP contribution is -2.30. The predicted octanol–water partition coefficient (Wildman–Crippen LogP) is 4.28. The summed E-state index contributed by atoms with van der Waals surface area (Å²) in [6.07, 6.45) is 4.67. The maximum absolute atomic E-state index is 12.6. The molecule has 6 nitrogen and oxygen atoms in total. The molecule has 2 rings (SSSR count). The number of hydrogen-bond donors (Lipinski definition) is 1. The molecule has 0 atom stereocenters. The van der Waals surface area contributed by atoms with Crippen LogP contribution >= 0.6 is 11.8 Å². The zero-order chi connectivity index (χ0) is 18.0. The van der Waals surface area contributed by atoms with Gasteiger partial charge in [0.15, 0.2) is 0 Å². The van der Waals surface area contributed by atoms with E-state index >= 15 is 0 Å². The number of alkyl halides is 3. The fourth-order valence-corrected chi connectivity index (χ4v) is 4.38. The number of halogens is 3. The van der Waals surface area contributed by atoms with E-state index in [0.29, 0.717) is 0 Å². The molecule has 1 aliphatic rings. The van der Waals surface area contributed by atoms with Crippen LogP contribution in [0.15, 0.2) is 23.1 Å². The molecule has 1 fully saturated rings. The van der Waals surface area contributed by atoms with Gasteiger partial charge < -0.3 is 0 Å². The standard InChI is InChI=1S/C13H15F3N2O4S2/c14-13(15,16)24(21,22)17-11-7-6-9(18(19)20)8-12(11)23-10-4-2-1-3-5-10/h6-8,10,17H,1-5H2. The van der Waals surface area contributed by atoms with Gasteiger partial charge in [0.2, 0.25) is 0 Å². The number of benzene rings is 1. The minimum atomic E-state index is -5.58. The topological polar surface area (TPSA) is 89.3 Å². The van der Waals surface area contributed by atoms with Gasteiger partial charge in [-0.15, -0.1) is 11.8 Å². The molecule has 0 spiro atoms. The van der Waals surface area contributed by atoms with E-state index in [2.05, 4.69) is 0 Å². The molecular formula is C13H15F3N2O4S2. The summed E-state index contributed by atoms with van der Waals surface area (Å²) >= 11 is 1.18. The van der Waals surface area contributed by atoms with Crippen LogP contribution in [0.5, 0.6) is 0 Å². The first-order valence-electron chi connectivity index (χ1n) is 7.14. The van der Waals surface area contributed by atoms with Crippen molar-refractivity contribution in [2.75, 3.05) is 4.72 Å². The summed E-state index contributed by atoms with van der Waals surface area (Å²) in [5.41, 5.74) is -6.06. The molecule has 0 aliphatic heterocycles. The lowest BCUT2D eigenvalue weighted by atomic mass is 10.0. The lowest BCUT2D eigenvalue weighted by Gasteiger charge is -2.22. The Labute approximate surface area is 141 Å². The summed E-state index contributed by atoms with van der Waals surface area (Å²) in [7, 11) is -5.58. The van der Waals surface area contributed by atoms with Crippen LogP contribution in [0, 0.1) is 10.1 Å². The van der Waals surface area contributed by atoms with Crippen LogP contribution in [0.25, 0.3) is 0 Å². The van der Waals surface area contributed by atoms with Crippen LogP contribution in [0.3, 0.4) is 0 Å². The zero-order valence-corrected chi connectivity index (χ0v) is 14.0. The number of sulfonamides is 1. The average molecular weight is 384 g/mol. The van der Waals surface area contributed by atoms with E-state index < -0.39 is 20.5 Å². The van der Waals surface area contributed by atoms with Gasteiger partial charge in [0, 0.05) is 22.3 Å². The Hall–Kier alpha value is -1.49. The third-order valence-corrected chi connectivity index (χ3v) is 6.07. The van der Waals surface area contributed by atoms with Gasteiger partial charge in [0.05, 0.1) is 10.6 Å². The highest BCUT2D eigenvalue weighted by molar-refractivity contribution is 8.00. The number of thioether (sulfide) groups is 1. The SMILES string of the molecule is O=[N+]([O-])c1ccc(NS(=O)(=O)C(F)(F)F)c(SC2CCCCC2)c1. The van der Waals surface area contributed by atoms with Crippen molar-refractivity contribution in [2.24, 2.45) is 0 Å². The Bertz CT molecular complexity index is 716. The van der Waals surface area contributed by atoms with Crippen molar-refractivity contribution < 1.29 is 26.5 Å². The molecule has 1 aromatic carbocycles. The van der Waals surface area contributed by atoms with Crippen LogP contribution in [0.2, 0.25) is 0 Å². The Balaban J connectivity index is 2.33. The smallest absolute Gasteiger partial charge is 0.275 e. The molecule has 1 aromatic rings. The number of non-ortho nitro benzene ring substituents is 1. The molecule has 1 N–H and O–H groups in total. The number of hydrogen-bond acceptors (Lipinski definition) is 5. The van der Waals surface area contributed by atoms with Crippen molar-refractivity contribution in [3.63, 3.8) is 0 Å². The van der Waals surface area contributed by atoms with Crippen LogP contribution in [-0.4, -0.2) is 24.1 Å². The predicted molar refractivity (Wildman–Crippen MR) is 84.4 cm³/mol. The van der Waals surface area contributed by atoms with Gasteiger partial charge in [0.25, 0.3) is 5.69 Å². The molecule has 0 radical (unpaired) electrons. The molecule has 24 heavy (non-hydrogen) atoms. The molecule has 1 aliphatic carbocycles. The van der Waals surface area contributed by atoms with Crippen LogP contribution in [0.4, 0.5) is 24.5 Å². The molecule has 0 aromatic heterocycles. The number of nitrogens with one attached hydrogen (secondary N) is 1. The van der Waals surface area contributed by atoms with Crippen molar-refractivity contribution in [1.82, 2.24) is 0 Å². The van der Waals surface area contributed by atoms with E-state index in [9.17, 15) is 31.7 Å². The average Bonchev–Trinajstić information content (AvgIpc) is 2.48. The number of nitrogens with zero attached hydrogens (tertiary/aromatic N) is 1. The fraction of sp³-hybridized carbons (Fsp3) is 0.538. The normalized spacial score (nSPS) is 16.8. The summed E-state index contributed by atoms with van der Waals surface area (Å²) in [6, 6.07) is 3.07. The highest BCUT2D eigenvalue weighted by Crippen LogP contribution is 2.40. The first kappa shape index (κ1) is 18.8.